The molecule has 109 heavy (non-hydrogen) atoms. The summed E-state index contributed by atoms with van der Waals surface area (Å²) in [5.74, 6) is -2.77. The number of esters is 11. The fourth-order valence-electron chi connectivity index (χ4n) is 6.55. The molecule has 0 amide bonds. The Morgan fingerprint density at radius 3 is 0.670 bits per heavy atom. The van der Waals surface area contributed by atoms with Gasteiger partial charge in [0.2, 0.25) is 0 Å². The third-order valence-corrected chi connectivity index (χ3v) is 12.8. The summed E-state index contributed by atoms with van der Waals surface area (Å²) < 4.78 is 64.4. The van der Waals surface area contributed by atoms with Crippen LogP contribution in [0.2, 0.25) is 0 Å². The molecule has 0 saturated carbocycles. The van der Waals surface area contributed by atoms with E-state index in [1.807, 2.05) is 135 Å². The number of aliphatic hydroxyl groups is 4. The highest BCUT2D eigenvalue weighted by Crippen LogP contribution is 2.28. The highest BCUT2D eigenvalue weighted by molar-refractivity contribution is 5.74. The van der Waals surface area contributed by atoms with Gasteiger partial charge in [-0.1, -0.05) is 148 Å². The van der Waals surface area contributed by atoms with Gasteiger partial charge in [-0.25, -0.2) is 0 Å². The number of rotatable bonds is 34. The normalized spacial score (nSPS) is 15.4. The smallest absolute Gasteiger partial charge is 0.373 e. The summed E-state index contributed by atoms with van der Waals surface area (Å²) in [6, 6.07) is 0. The van der Waals surface area contributed by atoms with Crippen LogP contribution in [-0.2, 0) is 129 Å². The molecule has 2 heterocycles. The molecule has 0 bridgehead atoms. The lowest BCUT2D eigenvalue weighted by molar-refractivity contribution is -0.192. The minimum Gasteiger partial charge on any atom is -0.469 e. The first-order valence-corrected chi connectivity index (χ1v) is 35.7. The van der Waals surface area contributed by atoms with Crippen LogP contribution in [0.25, 0.3) is 0 Å². The summed E-state index contributed by atoms with van der Waals surface area (Å²) in [4.78, 5) is 132. The first-order valence-electron chi connectivity index (χ1n) is 35.7. The molecular weight excluding hydrogens is 1430 g/mol. The van der Waals surface area contributed by atoms with E-state index in [4.69, 9.17) is 44.2 Å². The van der Waals surface area contributed by atoms with Crippen LogP contribution in [0.1, 0.15) is 211 Å². The highest BCUT2D eigenvalue weighted by Gasteiger charge is 2.39. The van der Waals surface area contributed by atoms with Crippen molar-refractivity contribution < 1.29 is 149 Å². The molecule has 2 rings (SSSR count). The molecule has 634 valence electrons. The van der Waals surface area contributed by atoms with E-state index in [2.05, 4.69) is 58.7 Å². The van der Waals surface area contributed by atoms with Crippen LogP contribution in [0.5, 0.6) is 0 Å². The monoisotopic (exact) mass is 1570 g/mol. The third-order valence-electron chi connectivity index (χ3n) is 12.8. The van der Waals surface area contributed by atoms with Gasteiger partial charge in [-0.2, -0.15) is 9.59 Å². The highest BCUT2D eigenvalue weighted by atomic mass is 16.7. The summed E-state index contributed by atoms with van der Waals surface area (Å²) in [5, 5.41) is 36.2. The molecule has 2 aliphatic heterocycles. The summed E-state index contributed by atoms with van der Waals surface area (Å²) in [6.07, 6.45) is 32.3. The molecule has 9 atom stereocenters. The Balaban J connectivity index is -0.000000124. The van der Waals surface area contributed by atoms with Crippen molar-refractivity contribution in [1.29, 1.82) is 0 Å². The van der Waals surface area contributed by atoms with E-state index in [0.29, 0.717) is 70.3 Å². The zero-order valence-electron chi connectivity index (χ0n) is 69.1. The zero-order chi connectivity index (χ0) is 86.2. The van der Waals surface area contributed by atoms with Crippen LogP contribution >= 0.6 is 0 Å². The Hall–Kier alpha value is -8.55. The summed E-state index contributed by atoms with van der Waals surface area (Å²) >= 11 is 0. The molecule has 31 heteroatoms. The Labute approximate surface area is 648 Å². The average molecular weight is 1570 g/mol. The van der Waals surface area contributed by atoms with Crippen molar-refractivity contribution in [2.75, 3.05) is 78.2 Å². The van der Waals surface area contributed by atoms with E-state index >= 15 is 0 Å². The number of ether oxygens (including phenoxy) is 14. The molecular formula is C78H136O31. The second-order valence-electron chi connectivity index (χ2n) is 21.3. The van der Waals surface area contributed by atoms with Crippen LogP contribution in [-0.4, -0.2) is 226 Å². The maximum atomic E-state index is 11.0. The molecule has 0 aromatic rings. The molecule has 0 spiro atoms. The van der Waals surface area contributed by atoms with E-state index in [0.717, 1.165) is 51.4 Å². The molecule has 31 nitrogen and oxygen atoms in total. The Morgan fingerprint density at radius 2 is 0.505 bits per heavy atom. The number of carbonyl (C=O) groups is 11. The van der Waals surface area contributed by atoms with Crippen molar-refractivity contribution in [2.24, 2.45) is 0 Å². The summed E-state index contributed by atoms with van der Waals surface area (Å²) in [7, 11) is 15.0. The zero-order valence-corrected chi connectivity index (χ0v) is 69.1. The maximum Gasteiger partial charge on any atom is 0.373 e. The lowest BCUT2D eigenvalue weighted by Crippen LogP contribution is -2.28. The Morgan fingerprint density at radius 1 is 0.312 bits per heavy atom. The van der Waals surface area contributed by atoms with Gasteiger partial charge in [0.1, 0.15) is 0 Å². The van der Waals surface area contributed by atoms with Gasteiger partial charge >= 0.3 is 71.8 Å². The van der Waals surface area contributed by atoms with Crippen LogP contribution < -0.4 is 0 Å². The third kappa shape index (κ3) is 102. The lowest BCUT2D eigenvalue weighted by Gasteiger charge is -2.13. The summed E-state index contributed by atoms with van der Waals surface area (Å²) in [5.41, 5.74) is 0. The minimum atomic E-state index is -1.01. The van der Waals surface area contributed by atoms with Crippen molar-refractivity contribution >= 4 is 71.8 Å². The molecule has 2 saturated heterocycles. The Kier molecular flexibility index (Phi) is 106. The van der Waals surface area contributed by atoms with Crippen LogP contribution in [0.15, 0.2) is 85.6 Å². The molecule has 0 aliphatic carbocycles. The van der Waals surface area contributed by atoms with Gasteiger partial charge in [0.15, 0.2) is 6.29 Å². The molecule has 2 fully saturated rings. The van der Waals surface area contributed by atoms with Gasteiger partial charge < -0.3 is 86.7 Å². The quantitative estimate of drug-likeness (QED) is 0.0201. The molecule has 4 N–H and O–H groups in total. The number of hydrogen-bond donors (Lipinski definition) is 4. The molecule has 2 aliphatic rings. The van der Waals surface area contributed by atoms with Gasteiger partial charge in [0.25, 0.3) is 0 Å². The average Bonchev–Trinajstić information content (AvgIpc) is 1.70. The number of epoxide rings is 1. The van der Waals surface area contributed by atoms with Crippen molar-refractivity contribution in [2.45, 2.75) is 266 Å². The largest absolute Gasteiger partial charge is 0.469 e. The van der Waals surface area contributed by atoms with E-state index in [1.54, 1.807) is 13.8 Å². The van der Waals surface area contributed by atoms with Crippen molar-refractivity contribution in [1.82, 2.24) is 0 Å². The predicted molar refractivity (Wildman–Crippen MR) is 408 cm³/mol. The maximum absolute atomic E-state index is 11.0. The van der Waals surface area contributed by atoms with Gasteiger partial charge in [-0.05, 0) is 71.1 Å². The minimum absolute atomic E-state index is 0.0223. The van der Waals surface area contributed by atoms with Crippen LogP contribution in [0, 0.1) is 0 Å². The SMILES string of the molecule is C=CCC(=O)OC.CC/C=C/CC(=O)OC.CC/C=C/CC(=O)OC.CC/C=C/CC(=O)OC.CC/C=C/CC(=O)OC.CC/C=C\CC(=O)OC.CC/C=C\CC(=O)OC.CC[C@@H](O)[C@@H](O)CC(=O)OC.CC[C@H](O)[C@H](O)CC(=O)OC.CC[C@H]1OC(C)O[C@H]1CC(=O)OC.CC[C@H]1O[C@@H]1CC(=O)OC.O=C=O. The van der Waals surface area contributed by atoms with E-state index in [-0.39, 0.29) is 104 Å². The molecule has 1 unspecified atom stereocenters. The van der Waals surface area contributed by atoms with E-state index < -0.39 is 36.4 Å². The lowest BCUT2D eigenvalue weighted by atomic mass is 10.1. The van der Waals surface area contributed by atoms with Crippen molar-refractivity contribution in [3.8, 4) is 0 Å². The number of methoxy groups -OCH3 is 11. The number of allylic oxidation sites excluding steroid dienone is 6. The van der Waals surface area contributed by atoms with Crippen molar-refractivity contribution in [3.63, 3.8) is 0 Å². The fraction of sp³-hybridized carbons (Fsp3) is 0.667. The van der Waals surface area contributed by atoms with Gasteiger partial charge in [-0.3, -0.25) is 52.7 Å². The number of carbonyl (C=O) groups excluding carboxylic acids is 13. The van der Waals surface area contributed by atoms with Crippen LogP contribution in [0.4, 0.5) is 0 Å². The Bertz CT molecular complexity index is 2230. The number of aliphatic hydroxyl groups excluding tert-OH is 4. The predicted octanol–water partition coefficient (Wildman–Crippen LogP) is 10.4. The van der Waals surface area contributed by atoms with Crippen molar-refractivity contribution in [3.05, 3.63) is 85.6 Å². The first-order chi connectivity index (χ1) is 51.7. The second kappa shape index (κ2) is 95.5. The van der Waals surface area contributed by atoms with Crippen LogP contribution in [0.3, 0.4) is 0 Å². The first kappa shape index (κ1) is 121. The van der Waals surface area contributed by atoms with E-state index in [1.165, 1.54) is 84.3 Å². The van der Waals surface area contributed by atoms with Gasteiger partial charge in [-0.15, -0.1) is 6.58 Å². The van der Waals surface area contributed by atoms with E-state index in [9.17, 15) is 52.7 Å². The fourth-order valence-corrected chi connectivity index (χ4v) is 6.55. The molecule has 0 aromatic carbocycles. The van der Waals surface area contributed by atoms with Gasteiger partial charge in [0, 0.05) is 0 Å². The molecule has 0 aromatic heterocycles. The number of hydrogen-bond acceptors (Lipinski definition) is 31. The second-order valence-corrected chi connectivity index (χ2v) is 21.3. The standard InChI is InChI=1S/C9H16O4.2C7H14O4.C7H12O3.6C7H12O2.C5H8O2.CO2/c1-4-7-8(5-9(10)11-3)13-6(2)12-7;2*1-3-5(8)6(9)4-7(10)11-2;1-3-5-6(10-5)4-7(8)9-2;6*1-3-4-5-6-7(8)9-2;1-3-4-5(6)7-2;2-1-3/h6-8H,4-5H2,1-3H3;2*5-6,8-9H,3-4H2,1-2H3;5-6H,3-4H2,1-2H3;6*4-5H,3,6H2,1-2H3;3H,1,4H2,2H3;/b;;;;4*5-4+;2*5-4-;;/t6?,7-,8+;2*5-,6+;5-,6-;;;;;;;;/m1101......../s1. The van der Waals surface area contributed by atoms with Gasteiger partial charge in [0.05, 0.1) is 198 Å². The summed E-state index contributed by atoms with van der Waals surface area (Å²) in [6.45, 7) is 24.8. The topological polar surface area (TPSA) is 435 Å². The molecule has 0 radical (unpaired) electrons.